The second-order valence-corrected chi connectivity index (χ2v) is 19.9. The third kappa shape index (κ3) is 7.12. The molecule has 2 heterocycles. The fourth-order valence-corrected chi connectivity index (χ4v) is 12.2. The molecule has 73 heavy (non-hydrogen) atoms. The Labute approximate surface area is 426 Å². The van der Waals surface area contributed by atoms with Crippen molar-refractivity contribution >= 4 is 88.7 Å². The van der Waals surface area contributed by atoms with Crippen LogP contribution < -0.4 is 14.7 Å². The quantitative estimate of drug-likeness (QED) is 0.143. The van der Waals surface area contributed by atoms with E-state index in [1.54, 1.807) is 0 Å². The molecule has 10 aromatic carbocycles. The van der Waals surface area contributed by atoms with Crippen LogP contribution in [0.3, 0.4) is 0 Å². The Kier molecular flexibility index (Phi) is 10.1. The van der Waals surface area contributed by atoms with Crippen molar-refractivity contribution in [3.63, 3.8) is 0 Å². The molecule has 0 fully saturated rings. The molecular weight excluding hydrogens is 885 g/mol. The highest BCUT2D eigenvalue weighted by Crippen LogP contribution is 2.51. The maximum absolute atomic E-state index is 2.60. The Morgan fingerprint density at radius 2 is 1.08 bits per heavy atom. The van der Waals surface area contributed by atoms with E-state index in [0.29, 0.717) is 0 Å². The lowest BCUT2D eigenvalue weighted by Gasteiger charge is -2.43. The zero-order valence-electron chi connectivity index (χ0n) is 40.6. The first kappa shape index (κ1) is 42.7. The molecule has 3 aliphatic rings. The van der Waals surface area contributed by atoms with E-state index < -0.39 is 0 Å². The van der Waals surface area contributed by atoms with Crippen LogP contribution in [0.1, 0.15) is 30.4 Å². The molecule has 0 radical (unpaired) electrons. The number of aromatic nitrogens is 1. The summed E-state index contributed by atoms with van der Waals surface area (Å²) in [6.07, 6.45) is 17.2. The van der Waals surface area contributed by atoms with Gasteiger partial charge in [0.1, 0.15) is 0 Å². The first-order valence-corrected chi connectivity index (χ1v) is 25.6. The van der Waals surface area contributed by atoms with Crippen molar-refractivity contribution in [2.24, 2.45) is 0 Å². The second-order valence-electron chi connectivity index (χ2n) is 19.9. The molecule has 1 aromatic heterocycles. The third-order valence-corrected chi connectivity index (χ3v) is 15.6. The van der Waals surface area contributed by atoms with Crippen molar-refractivity contribution in [2.75, 3.05) is 14.7 Å². The lowest BCUT2D eigenvalue weighted by molar-refractivity contribution is 0.572. The SMILES string of the molecule is CC1(N(c2ccc3c(c2)C2C=CC=CC2N3c2ccccc2)c2cccc3ccccc23)C=CC(c2ccc(N(c3ccc4c(c3)c3ccccc3n4-c3ccccc3)c3cccc4ccccc34)cc2)=CC1. The van der Waals surface area contributed by atoms with Crippen molar-refractivity contribution in [3.8, 4) is 5.69 Å². The molecule has 3 atom stereocenters. The van der Waals surface area contributed by atoms with Crippen molar-refractivity contribution in [1.82, 2.24) is 4.57 Å². The van der Waals surface area contributed by atoms with Crippen molar-refractivity contribution in [1.29, 1.82) is 0 Å². The molecule has 0 bridgehead atoms. The average molecular weight is 937 g/mol. The lowest BCUT2D eigenvalue weighted by atomic mass is 9.85. The van der Waals surface area contributed by atoms with Gasteiger partial charge in [0.2, 0.25) is 0 Å². The zero-order valence-corrected chi connectivity index (χ0v) is 40.6. The predicted molar refractivity (Wildman–Crippen MR) is 309 cm³/mol. The van der Waals surface area contributed by atoms with Crippen LogP contribution in [0, 0.1) is 0 Å². The van der Waals surface area contributed by atoms with E-state index in [0.717, 1.165) is 29.2 Å². The van der Waals surface area contributed by atoms with Gasteiger partial charge >= 0.3 is 0 Å². The highest BCUT2D eigenvalue weighted by atomic mass is 15.2. The summed E-state index contributed by atoms with van der Waals surface area (Å²) in [6, 6.07) is 84.8. The highest BCUT2D eigenvalue weighted by Gasteiger charge is 2.39. The molecule has 0 spiro atoms. The second kappa shape index (κ2) is 17.3. The molecule has 3 unspecified atom stereocenters. The molecule has 0 saturated carbocycles. The van der Waals surface area contributed by atoms with Gasteiger partial charge in [-0.2, -0.15) is 0 Å². The van der Waals surface area contributed by atoms with Gasteiger partial charge in [-0.05, 0) is 132 Å². The minimum atomic E-state index is -0.366. The number of nitrogens with zero attached hydrogens (tertiary/aromatic N) is 4. The van der Waals surface area contributed by atoms with Gasteiger partial charge in [-0.1, -0.05) is 182 Å². The molecule has 14 rings (SSSR count). The topological polar surface area (TPSA) is 14.7 Å². The summed E-state index contributed by atoms with van der Waals surface area (Å²) in [5.41, 5.74) is 15.2. The molecule has 2 aliphatic carbocycles. The smallest absolute Gasteiger partial charge is 0.0643 e. The number of benzene rings is 10. The maximum atomic E-state index is 2.60. The normalized spacial score (nSPS) is 17.8. The van der Waals surface area contributed by atoms with Crippen LogP contribution >= 0.6 is 0 Å². The third-order valence-electron chi connectivity index (χ3n) is 15.6. The number of hydrogen-bond acceptors (Lipinski definition) is 3. The Hall–Kier alpha value is -9.12. The Morgan fingerprint density at radius 1 is 0.479 bits per heavy atom. The van der Waals surface area contributed by atoms with Gasteiger partial charge in [-0.15, -0.1) is 0 Å². The monoisotopic (exact) mass is 936 g/mol. The van der Waals surface area contributed by atoms with E-state index in [2.05, 4.69) is 299 Å². The molecule has 1 aliphatic heterocycles. The van der Waals surface area contributed by atoms with Crippen LogP contribution in [0.5, 0.6) is 0 Å². The number of hydrogen-bond donors (Lipinski definition) is 0. The number of rotatable bonds is 9. The number of para-hydroxylation sites is 3. The van der Waals surface area contributed by atoms with E-state index in [4.69, 9.17) is 0 Å². The number of allylic oxidation sites excluding steroid dienone is 4. The van der Waals surface area contributed by atoms with Crippen molar-refractivity contribution in [2.45, 2.75) is 30.8 Å². The summed E-state index contributed by atoms with van der Waals surface area (Å²) in [4.78, 5) is 7.54. The van der Waals surface area contributed by atoms with Gasteiger partial charge in [0, 0.05) is 67.3 Å². The molecule has 4 heteroatoms. The van der Waals surface area contributed by atoms with E-state index in [9.17, 15) is 0 Å². The van der Waals surface area contributed by atoms with Crippen LogP contribution in [-0.4, -0.2) is 16.1 Å². The van der Waals surface area contributed by atoms with Crippen molar-refractivity contribution in [3.05, 3.63) is 284 Å². The van der Waals surface area contributed by atoms with Crippen LogP contribution in [-0.2, 0) is 0 Å². The molecule has 4 nitrogen and oxygen atoms in total. The van der Waals surface area contributed by atoms with Crippen LogP contribution in [0.15, 0.2) is 273 Å². The Bertz CT molecular complexity index is 4040. The zero-order chi connectivity index (χ0) is 48.5. The van der Waals surface area contributed by atoms with Gasteiger partial charge in [-0.25, -0.2) is 0 Å². The average Bonchev–Trinajstić information content (AvgIpc) is 3.96. The summed E-state index contributed by atoms with van der Waals surface area (Å²) in [5, 5.41) is 7.35. The highest BCUT2D eigenvalue weighted by molar-refractivity contribution is 6.11. The van der Waals surface area contributed by atoms with Crippen LogP contribution in [0.4, 0.5) is 39.8 Å². The van der Waals surface area contributed by atoms with Gasteiger partial charge in [0.25, 0.3) is 0 Å². The van der Waals surface area contributed by atoms with E-state index >= 15 is 0 Å². The first-order chi connectivity index (χ1) is 36.1. The van der Waals surface area contributed by atoms with Gasteiger partial charge in [0.05, 0.1) is 28.3 Å². The summed E-state index contributed by atoms with van der Waals surface area (Å²) >= 11 is 0. The maximum Gasteiger partial charge on any atom is 0.0643 e. The molecule has 348 valence electrons. The van der Waals surface area contributed by atoms with Gasteiger partial charge < -0.3 is 19.3 Å². The van der Waals surface area contributed by atoms with E-state index in [-0.39, 0.29) is 17.5 Å². The molecule has 11 aromatic rings. The Balaban J connectivity index is 0.839. The van der Waals surface area contributed by atoms with E-state index in [1.165, 1.54) is 82.8 Å². The van der Waals surface area contributed by atoms with Crippen molar-refractivity contribution < 1.29 is 0 Å². The fourth-order valence-electron chi connectivity index (χ4n) is 12.2. The predicted octanol–water partition coefficient (Wildman–Crippen LogP) is 18.2. The lowest BCUT2D eigenvalue weighted by Crippen LogP contribution is -2.42. The number of anilines is 7. The summed E-state index contributed by atoms with van der Waals surface area (Å²) in [7, 11) is 0. The summed E-state index contributed by atoms with van der Waals surface area (Å²) in [5.74, 6) is 0.250. The summed E-state index contributed by atoms with van der Waals surface area (Å²) < 4.78 is 2.38. The van der Waals surface area contributed by atoms with Gasteiger partial charge in [-0.3, -0.25) is 0 Å². The minimum Gasteiger partial charge on any atom is -0.333 e. The molecular formula is C69H52N4. The first-order valence-electron chi connectivity index (χ1n) is 25.6. The number of fused-ring (bicyclic) bond motifs is 8. The van der Waals surface area contributed by atoms with Crippen LogP contribution in [0.25, 0.3) is 54.6 Å². The Morgan fingerprint density at radius 3 is 1.82 bits per heavy atom. The molecule has 0 N–H and O–H groups in total. The molecule has 0 amide bonds. The summed E-state index contributed by atoms with van der Waals surface area (Å²) in [6.45, 7) is 2.40. The van der Waals surface area contributed by atoms with Gasteiger partial charge in [0.15, 0.2) is 0 Å². The standard InChI is InChI=1S/C69H52N4/c1-69(73(68-33-17-21-51-19-9-11-27-58(51)68)56-39-41-67-62(47-56)60-29-13-15-31-65(60)72(67)53-24-6-3-7-25-53)44-42-49(43-45-69)48-34-36-54(37-35-48)70(63-32-16-20-50-18-8-10-26-57(50)63)55-38-40-66-61(46-55)59-28-12-14-30-64(59)71(66)52-22-4-2-5-23-52/h2-44,46-47,60,65H,45H2,1H3. The molecule has 0 saturated heterocycles. The minimum absolute atomic E-state index is 0.224. The van der Waals surface area contributed by atoms with E-state index in [1.807, 2.05) is 0 Å². The fraction of sp³-hybridized carbons (Fsp3) is 0.0725. The van der Waals surface area contributed by atoms with Crippen LogP contribution in [0.2, 0.25) is 0 Å². The largest absolute Gasteiger partial charge is 0.333 e.